The molecule has 0 amide bonds. The van der Waals surface area contributed by atoms with Crippen molar-refractivity contribution in [3.8, 4) is 0 Å². The molecule has 18 heavy (non-hydrogen) atoms. The minimum absolute atomic E-state index is 0.373. The Balaban J connectivity index is 1.93. The first kappa shape index (κ1) is 11.6. The van der Waals surface area contributed by atoms with E-state index in [9.17, 15) is 0 Å². The Morgan fingerprint density at radius 3 is 2.56 bits per heavy atom. The highest BCUT2D eigenvalue weighted by Gasteiger charge is 2.23. The molecule has 0 radical (unpaired) electrons. The molecule has 1 aliphatic heterocycles. The van der Waals surface area contributed by atoms with Crippen LogP contribution in [0.25, 0.3) is 0 Å². The van der Waals surface area contributed by atoms with Gasteiger partial charge in [0.25, 0.3) is 0 Å². The third kappa shape index (κ3) is 1.99. The number of rotatable bonds is 1. The molecule has 0 saturated carbocycles. The van der Waals surface area contributed by atoms with Crippen molar-refractivity contribution < 1.29 is 0 Å². The number of nitrogens with one attached hydrogen (secondary N) is 1. The molecule has 0 saturated heterocycles. The lowest BCUT2D eigenvalue weighted by Gasteiger charge is -2.11. The van der Waals surface area contributed by atoms with Gasteiger partial charge in [0.05, 0.1) is 6.04 Å². The number of fused-ring (bicyclic) bond motifs is 1. The first-order chi connectivity index (χ1) is 8.63. The monoisotopic (exact) mass is 257 g/mol. The molecular formula is C16H16ClN. The van der Waals surface area contributed by atoms with Crippen LogP contribution in [0.15, 0.2) is 36.4 Å². The van der Waals surface area contributed by atoms with Gasteiger partial charge in [0.1, 0.15) is 0 Å². The quantitative estimate of drug-likeness (QED) is 0.783. The molecule has 0 spiro atoms. The molecule has 0 fully saturated rings. The second-order valence-electron chi connectivity index (χ2n) is 5.06. The fourth-order valence-electron chi connectivity index (χ4n) is 2.74. The highest BCUT2D eigenvalue weighted by Crippen LogP contribution is 2.36. The van der Waals surface area contributed by atoms with Crippen LogP contribution in [0, 0.1) is 13.8 Å². The van der Waals surface area contributed by atoms with Crippen molar-refractivity contribution in [2.75, 3.05) is 5.32 Å². The van der Waals surface area contributed by atoms with Gasteiger partial charge in [-0.25, -0.2) is 0 Å². The first-order valence-corrected chi connectivity index (χ1v) is 6.63. The number of aryl methyl sites for hydroxylation is 2. The number of anilines is 1. The Hall–Kier alpha value is -1.47. The van der Waals surface area contributed by atoms with Crippen LogP contribution in [0.2, 0.25) is 5.02 Å². The van der Waals surface area contributed by atoms with Gasteiger partial charge in [0, 0.05) is 10.7 Å². The van der Waals surface area contributed by atoms with E-state index in [0.29, 0.717) is 6.04 Å². The molecule has 0 aliphatic carbocycles. The van der Waals surface area contributed by atoms with E-state index in [1.165, 1.54) is 27.9 Å². The molecule has 2 heteroatoms. The summed E-state index contributed by atoms with van der Waals surface area (Å²) in [4.78, 5) is 0. The van der Waals surface area contributed by atoms with Crippen molar-refractivity contribution in [3.63, 3.8) is 0 Å². The lowest BCUT2D eigenvalue weighted by molar-refractivity contribution is 0.821. The minimum atomic E-state index is 0.373. The van der Waals surface area contributed by atoms with E-state index >= 15 is 0 Å². The molecule has 1 unspecified atom stereocenters. The molecule has 1 heterocycles. The summed E-state index contributed by atoms with van der Waals surface area (Å²) in [6, 6.07) is 13.0. The maximum Gasteiger partial charge on any atom is 0.0555 e. The average molecular weight is 258 g/mol. The first-order valence-electron chi connectivity index (χ1n) is 6.25. The standard InChI is InChI=1S/C16H16ClN/c1-10-7-11(2)14-9-15(18-16(14)8-10)12-3-5-13(17)6-4-12/h3-8,15,18H,9H2,1-2H3. The molecule has 1 nitrogen and oxygen atoms in total. The molecule has 3 rings (SSSR count). The Morgan fingerprint density at radius 2 is 1.83 bits per heavy atom. The van der Waals surface area contributed by atoms with E-state index in [2.05, 4.69) is 43.4 Å². The van der Waals surface area contributed by atoms with E-state index in [-0.39, 0.29) is 0 Å². The fourth-order valence-corrected chi connectivity index (χ4v) is 2.86. The Labute approximate surface area is 113 Å². The number of hydrogen-bond donors (Lipinski definition) is 1. The smallest absolute Gasteiger partial charge is 0.0555 e. The summed E-state index contributed by atoms with van der Waals surface area (Å²) in [7, 11) is 0. The van der Waals surface area contributed by atoms with E-state index in [0.717, 1.165) is 11.4 Å². The highest BCUT2D eigenvalue weighted by atomic mass is 35.5. The third-order valence-electron chi connectivity index (χ3n) is 3.63. The summed E-state index contributed by atoms with van der Waals surface area (Å²) >= 11 is 5.93. The Bertz CT molecular complexity index is 587. The Morgan fingerprint density at radius 1 is 1.11 bits per heavy atom. The van der Waals surface area contributed by atoms with Crippen LogP contribution in [0.1, 0.15) is 28.3 Å². The fraction of sp³-hybridized carbons (Fsp3) is 0.250. The van der Waals surface area contributed by atoms with Gasteiger partial charge in [-0.05, 0) is 60.7 Å². The van der Waals surface area contributed by atoms with Gasteiger partial charge in [0.15, 0.2) is 0 Å². The zero-order valence-electron chi connectivity index (χ0n) is 10.6. The number of hydrogen-bond acceptors (Lipinski definition) is 1. The topological polar surface area (TPSA) is 12.0 Å². The van der Waals surface area contributed by atoms with E-state index in [4.69, 9.17) is 11.6 Å². The van der Waals surface area contributed by atoms with Crippen molar-refractivity contribution in [2.24, 2.45) is 0 Å². The number of benzene rings is 2. The maximum absolute atomic E-state index is 5.93. The van der Waals surface area contributed by atoms with Gasteiger partial charge < -0.3 is 5.32 Å². The van der Waals surface area contributed by atoms with Crippen molar-refractivity contribution in [1.29, 1.82) is 0 Å². The highest BCUT2D eigenvalue weighted by molar-refractivity contribution is 6.30. The summed E-state index contributed by atoms with van der Waals surface area (Å²) in [5, 5.41) is 4.40. The molecule has 0 aromatic heterocycles. The van der Waals surface area contributed by atoms with Gasteiger partial charge in [-0.1, -0.05) is 29.8 Å². The van der Waals surface area contributed by atoms with E-state index in [1.807, 2.05) is 12.1 Å². The lowest BCUT2D eigenvalue weighted by atomic mass is 9.99. The largest absolute Gasteiger partial charge is 0.378 e. The molecular weight excluding hydrogens is 242 g/mol. The average Bonchev–Trinajstić information content (AvgIpc) is 2.74. The summed E-state index contributed by atoms with van der Waals surface area (Å²) in [6.07, 6.45) is 1.06. The van der Waals surface area contributed by atoms with Gasteiger partial charge in [-0.3, -0.25) is 0 Å². The van der Waals surface area contributed by atoms with Crippen molar-refractivity contribution >= 4 is 17.3 Å². The van der Waals surface area contributed by atoms with E-state index in [1.54, 1.807) is 0 Å². The van der Waals surface area contributed by atoms with Crippen LogP contribution in [-0.4, -0.2) is 0 Å². The molecule has 1 aliphatic rings. The maximum atomic E-state index is 5.93. The minimum Gasteiger partial charge on any atom is -0.378 e. The number of halogens is 1. The van der Waals surface area contributed by atoms with Crippen LogP contribution >= 0.6 is 11.6 Å². The summed E-state index contributed by atoms with van der Waals surface area (Å²) in [6.45, 7) is 4.34. The van der Waals surface area contributed by atoms with Crippen LogP contribution in [0.3, 0.4) is 0 Å². The third-order valence-corrected chi connectivity index (χ3v) is 3.88. The molecule has 1 atom stereocenters. The lowest BCUT2D eigenvalue weighted by Crippen LogP contribution is -2.05. The van der Waals surface area contributed by atoms with Gasteiger partial charge in [-0.15, -0.1) is 0 Å². The summed E-state index contributed by atoms with van der Waals surface area (Å²) in [5.74, 6) is 0. The van der Waals surface area contributed by atoms with Crippen molar-refractivity contribution in [1.82, 2.24) is 0 Å². The predicted molar refractivity (Wildman–Crippen MR) is 77.4 cm³/mol. The molecule has 2 aromatic carbocycles. The van der Waals surface area contributed by atoms with Crippen LogP contribution in [-0.2, 0) is 6.42 Å². The predicted octanol–water partition coefficient (Wildman–Crippen LogP) is 4.67. The summed E-state index contributed by atoms with van der Waals surface area (Å²) < 4.78 is 0. The van der Waals surface area contributed by atoms with Gasteiger partial charge in [-0.2, -0.15) is 0 Å². The van der Waals surface area contributed by atoms with Crippen molar-refractivity contribution in [3.05, 3.63) is 63.7 Å². The van der Waals surface area contributed by atoms with Crippen LogP contribution in [0.5, 0.6) is 0 Å². The van der Waals surface area contributed by atoms with Crippen molar-refractivity contribution in [2.45, 2.75) is 26.3 Å². The van der Waals surface area contributed by atoms with Crippen LogP contribution in [0.4, 0.5) is 5.69 Å². The SMILES string of the molecule is Cc1cc(C)c2c(c1)NC(c1ccc(Cl)cc1)C2. The van der Waals surface area contributed by atoms with Gasteiger partial charge >= 0.3 is 0 Å². The molecule has 92 valence electrons. The van der Waals surface area contributed by atoms with Gasteiger partial charge in [0.2, 0.25) is 0 Å². The van der Waals surface area contributed by atoms with Crippen LogP contribution < -0.4 is 5.32 Å². The second-order valence-corrected chi connectivity index (χ2v) is 5.50. The normalized spacial score (nSPS) is 17.4. The zero-order chi connectivity index (χ0) is 12.7. The second kappa shape index (κ2) is 4.33. The zero-order valence-corrected chi connectivity index (χ0v) is 11.4. The Kier molecular flexibility index (Phi) is 2.79. The molecule has 2 aromatic rings. The molecule has 0 bridgehead atoms. The van der Waals surface area contributed by atoms with E-state index < -0.39 is 0 Å². The molecule has 1 N–H and O–H groups in total. The summed E-state index contributed by atoms with van der Waals surface area (Å²) in [5.41, 5.74) is 6.73.